The van der Waals surface area contributed by atoms with Crippen LogP contribution in [0.4, 0.5) is 5.69 Å². The molecule has 4 nitrogen and oxygen atoms in total. The minimum Gasteiger partial charge on any atom is -0.369 e. The lowest BCUT2D eigenvalue weighted by Crippen LogP contribution is -2.46. The van der Waals surface area contributed by atoms with Crippen molar-refractivity contribution in [1.29, 1.82) is 0 Å². The van der Waals surface area contributed by atoms with E-state index in [1.807, 2.05) is 0 Å². The fourth-order valence-electron chi connectivity index (χ4n) is 3.85. The van der Waals surface area contributed by atoms with E-state index < -0.39 is 0 Å². The number of rotatable bonds is 3. The van der Waals surface area contributed by atoms with Crippen LogP contribution >= 0.6 is 0 Å². The molecule has 1 aromatic heterocycles. The molecule has 0 atom stereocenters. The number of nitrogens with zero attached hydrogens (tertiary/aromatic N) is 3. The van der Waals surface area contributed by atoms with E-state index in [-0.39, 0.29) is 0 Å². The summed E-state index contributed by atoms with van der Waals surface area (Å²) < 4.78 is 5.55. The van der Waals surface area contributed by atoms with E-state index in [9.17, 15) is 0 Å². The number of hydrogen-bond acceptors (Lipinski definition) is 4. The average Bonchev–Trinajstić information content (AvgIpc) is 2.99. The molecule has 1 aliphatic heterocycles. The predicted octanol–water partition coefficient (Wildman–Crippen LogP) is 3.18. The molecule has 0 N–H and O–H groups in total. The molecule has 1 saturated heterocycles. The topological polar surface area (TPSA) is 32.5 Å². The van der Waals surface area contributed by atoms with Gasteiger partial charge in [0, 0.05) is 50.4 Å². The largest absolute Gasteiger partial charge is 0.369 e. The minimum absolute atomic E-state index is 0.945. The Bertz CT molecular complexity index is 671. The fourth-order valence-corrected chi connectivity index (χ4v) is 3.85. The van der Waals surface area contributed by atoms with E-state index in [1.165, 1.54) is 35.3 Å². The van der Waals surface area contributed by atoms with Gasteiger partial charge in [-0.3, -0.25) is 4.90 Å². The summed E-state index contributed by atoms with van der Waals surface area (Å²) in [5.74, 6) is 1.14. The highest BCUT2D eigenvalue weighted by Gasteiger charge is 2.23. The van der Waals surface area contributed by atoms with Crippen LogP contribution in [-0.2, 0) is 19.4 Å². The van der Waals surface area contributed by atoms with Crippen LogP contribution in [-0.4, -0.2) is 36.2 Å². The van der Waals surface area contributed by atoms with Gasteiger partial charge in [0.2, 0.25) is 0 Å². The van der Waals surface area contributed by atoms with E-state index in [2.05, 4.69) is 46.1 Å². The number of aromatic nitrogens is 1. The maximum absolute atomic E-state index is 5.55. The number of aryl methyl sites for hydroxylation is 2. The quantitative estimate of drug-likeness (QED) is 0.871. The van der Waals surface area contributed by atoms with Crippen LogP contribution in [0.25, 0.3) is 0 Å². The van der Waals surface area contributed by atoms with E-state index in [0.29, 0.717) is 0 Å². The Morgan fingerprint density at radius 2 is 1.83 bits per heavy atom. The number of hydrogen-bond donors (Lipinski definition) is 0. The molecular formula is C19H25N3O. The minimum atomic E-state index is 0.945. The van der Waals surface area contributed by atoms with Crippen LogP contribution in [0.15, 0.2) is 28.8 Å². The molecule has 0 saturated carbocycles. The van der Waals surface area contributed by atoms with Gasteiger partial charge in [-0.2, -0.15) is 0 Å². The maximum atomic E-state index is 5.55. The number of benzene rings is 1. The third-order valence-corrected chi connectivity index (χ3v) is 5.23. The average molecular weight is 311 g/mol. The van der Waals surface area contributed by atoms with Crippen LogP contribution in [0.3, 0.4) is 0 Å². The van der Waals surface area contributed by atoms with Crippen molar-refractivity contribution in [3.05, 3.63) is 46.8 Å². The second-order valence-electron chi connectivity index (χ2n) is 6.79. The molecule has 2 aliphatic rings. The van der Waals surface area contributed by atoms with E-state index >= 15 is 0 Å². The summed E-state index contributed by atoms with van der Waals surface area (Å²) in [4.78, 5) is 5.02. The summed E-state index contributed by atoms with van der Waals surface area (Å²) in [6.45, 7) is 7.51. The highest BCUT2D eigenvalue weighted by Crippen LogP contribution is 2.26. The van der Waals surface area contributed by atoms with Gasteiger partial charge in [0.05, 0.1) is 0 Å². The highest BCUT2D eigenvalue weighted by atomic mass is 16.5. The molecule has 122 valence electrons. The van der Waals surface area contributed by atoms with Gasteiger partial charge in [-0.1, -0.05) is 23.4 Å². The second kappa shape index (κ2) is 6.36. The summed E-state index contributed by atoms with van der Waals surface area (Å²) >= 11 is 0. The summed E-state index contributed by atoms with van der Waals surface area (Å²) in [6.07, 6.45) is 4.75. The van der Waals surface area contributed by atoms with Gasteiger partial charge in [0.15, 0.2) is 0 Å². The predicted molar refractivity (Wildman–Crippen MR) is 91.8 cm³/mol. The van der Waals surface area contributed by atoms with Gasteiger partial charge < -0.3 is 9.42 Å². The first-order chi connectivity index (χ1) is 11.3. The van der Waals surface area contributed by atoms with Gasteiger partial charge in [0.25, 0.3) is 0 Å². The SMILES string of the molecule is Cc1ccccc1N1CCN(Cc2noc3c2CCCC3)CC1. The first-order valence-electron chi connectivity index (χ1n) is 8.80. The summed E-state index contributed by atoms with van der Waals surface area (Å²) in [7, 11) is 0. The van der Waals surface area contributed by atoms with Crippen molar-refractivity contribution in [1.82, 2.24) is 10.1 Å². The molecule has 2 heterocycles. The number of para-hydroxylation sites is 1. The number of fused-ring (bicyclic) bond motifs is 1. The molecule has 0 amide bonds. The molecule has 0 spiro atoms. The Labute approximate surface area is 138 Å². The third-order valence-electron chi connectivity index (χ3n) is 5.23. The van der Waals surface area contributed by atoms with E-state index in [4.69, 9.17) is 4.52 Å². The zero-order valence-electron chi connectivity index (χ0n) is 13.9. The smallest absolute Gasteiger partial charge is 0.140 e. The lowest BCUT2D eigenvalue weighted by molar-refractivity contribution is 0.241. The van der Waals surface area contributed by atoms with Crippen LogP contribution in [0.2, 0.25) is 0 Å². The zero-order chi connectivity index (χ0) is 15.6. The molecule has 0 bridgehead atoms. The van der Waals surface area contributed by atoms with E-state index in [0.717, 1.165) is 51.3 Å². The Kier molecular flexibility index (Phi) is 4.08. The molecule has 0 radical (unpaired) electrons. The number of anilines is 1. The van der Waals surface area contributed by atoms with Gasteiger partial charge in [0.1, 0.15) is 11.5 Å². The zero-order valence-corrected chi connectivity index (χ0v) is 13.9. The molecule has 1 aromatic carbocycles. The van der Waals surface area contributed by atoms with Crippen LogP contribution in [0, 0.1) is 6.92 Å². The molecule has 0 unspecified atom stereocenters. The van der Waals surface area contributed by atoms with Crippen LogP contribution in [0.5, 0.6) is 0 Å². The summed E-state index contributed by atoms with van der Waals surface area (Å²) in [5, 5.41) is 4.35. The maximum Gasteiger partial charge on any atom is 0.140 e. The highest BCUT2D eigenvalue weighted by molar-refractivity contribution is 5.53. The molecular weight excluding hydrogens is 286 g/mol. The third kappa shape index (κ3) is 3.00. The van der Waals surface area contributed by atoms with Crippen molar-refractivity contribution in [2.75, 3.05) is 31.1 Å². The van der Waals surface area contributed by atoms with Crippen molar-refractivity contribution in [3.8, 4) is 0 Å². The molecule has 1 aliphatic carbocycles. The standard InChI is InChI=1S/C19H25N3O/c1-15-6-2-4-8-18(15)22-12-10-21(11-13-22)14-17-16-7-3-5-9-19(16)23-20-17/h2,4,6,8H,3,5,7,9-14H2,1H3. The Hall–Kier alpha value is -1.81. The Balaban J connectivity index is 1.39. The molecule has 1 fully saturated rings. The normalized spacial score (nSPS) is 18.9. The lowest BCUT2D eigenvalue weighted by atomic mass is 9.96. The van der Waals surface area contributed by atoms with Crippen molar-refractivity contribution in [3.63, 3.8) is 0 Å². The van der Waals surface area contributed by atoms with Crippen LogP contribution in [0.1, 0.15) is 35.4 Å². The van der Waals surface area contributed by atoms with Gasteiger partial charge in [-0.15, -0.1) is 0 Å². The van der Waals surface area contributed by atoms with Crippen molar-refractivity contribution in [2.45, 2.75) is 39.2 Å². The summed E-state index contributed by atoms with van der Waals surface area (Å²) in [5.41, 5.74) is 5.33. The van der Waals surface area contributed by atoms with Crippen molar-refractivity contribution >= 4 is 5.69 Å². The molecule has 4 heteroatoms. The van der Waals surface area contributed by atoms with Crippen molar-refractivity contribution < 1.29 is 4.52 Å². The van der Waals surface area contributed by atoms with Gasteiger partial charge in [-0.05, 0) is 37.8 Å². The first-order valence-corrected chi connectivity index (χ1v) is 8.80. The molecule has 23 heavy (non-hydrogen) atoms. The van der Waals surface area contributed by atoms with E-state index in [1.54, 1.807) is 0 Å². The fraction of sp³-hybridized carbons (Fsp3) is 0.526. The van der Waals surface area contributed by atoms with Gasteiger partial charge >= 0.3 is 0 Å². The second-order valence-corrected chi connectivity index (χ2v) is 6.79. The van der Waals surface area contributed by atoms with Crippen LogP contribution < -0.4 is 4.90 Å². The Morgan fingerprint density at radius 3 is 2.65 bits per heavy atom. The first kappa shape index (κ1) is 14.8. The van der Waals surface area contributed by atoms with Crippen molar-refractivity contribution in [2.24, 2.45) is 0 Å². The monoisotopic (exact) mass is 311 g/mol. The summed E-state index contributed by atoms with van der Waals surface area (Å²) in [6, 6.07) is 8.68. The van der Waals surface area contributed by atoms with Gasteiger partial charge in [-0.25, -0.2) is 0 Å². The molecule has 4 rings (SSSR count). The Morgan fingerprint density at radius 1 is 1.04 bits per heavy atom. The number of piperazine rings is 1. The molecule has 2 aromatic rings. The lowest BCUT2D eigenvalue weighted by Gasteiger charge is -2.36.